The maximum atomic E-state index is 12.6. The van der Waals surface area contributed by atoms with Gasteiger partial charge in [-0.15, -0.1) is 10.2 Å². The lowest BCUT2D eigenvalue weighted by Gasteiger charge is -2.24. The van der Waals surface area contributed by atoms with E-state index < -0.39 is 6.04 Å². The number of carbonyl (C=O) groups excluding carboxylic acids is 2. The van der Waals surface area contributed by atoms with E-state index in [0.717, 1.165) is 12.0 Å². The highest BCUT2D eigenvalue weighted by Crippen LogP contribution is 2.28. The van der Waals surface area contributed by atoms with E-state index in [4.69, 9.17) is 11.6 Å². The van der Waals surface area contributed by atoms with Crippen molar-refractivity contribution in [3.05, 3.63) is 29.3 Å². The maximum absolute atomic E-state index is 12.6. The molecule has 26 heavy (non-hydrogen) atoms. The average molecular weight is 396 g/mol. The van der Waals surface area contributed by atoms with E-state index >= 15 is 0 Å². The van der Waals surface area contributed by atoms with E-state index in [0.29, 0.717) is 15.2 Å². The first-order chi connectivity index (χ1) is 12.3. The lowest BCUT2D eigenvalue weighted by molar-refractivity contribution is -0.119. The van der Waals surface area contributed by atoms with Gasteiger partial charge in [0, 0.05) is 24.7 Å². The van der Waals surface area contributed by atoms with Gasteiger partial charge in [0.15, 0.2) is 0 Å². The fourth-order valence-electron chi connectivity index (χ4n) is 2.16. The molecule has 2 rings (SSSR count). The standard InChI is InChI=1S/C17H22ClN5O2S/c1-5-10(2)13(19-17(25)23(3)4)14(24)20-16-22-21-15(26-16)11-7-6-8-12(18)9-11/h6-10,13H,5H2,1-4H3,(H,19,25)(H,20,22,24)/t10-,13-/m0/s1. The minimum Gasteiger partial charge on any atom is -0.331 e. The van der Waals surface area contributed by atoms with Crippen LogP contribution < -0.4 is 10.6 Å². The largest absolute Gasteiger partial charge is 0.331 e. The van der Waals surface area contributed by atoms with Crippen LogP contribution in [0.3, 0.4) is 0 Å². The molecule has 1 aromatic carbocycles. The first-order valence-corrected chi connectivity index (χ1v) is 9.39. The Balaban J connectivity index is 2.12. The van der Waals surface area contributed by atoms with Crippen molar-refractivity contribution in [3.63, 3.8) is 0 Å². The Bertz CT molecular complexity index is 780. The predicted molar refractivity (Wildman–Crippen MR) is 104 cm³/mol. The van der Waals surface area contributed by atoms with Crippen LogP contribution in [-0.4, -0.2) is 47.2 Å². The van der Waals surface area contributed by atoms with Crippen LogP contribution in [0.5, 0.6) is 0 Å². The number of amides is 3. The van der Waals surface area contributed by atoms with E-state index in [-0.39, 0.29) is 17.9 Å². The minimum atomic E-state index is -0.659. The van der Waals surface area contributed by atoms with Crippen LogP contribution in [0.25, 0.3) is 10.6 Å². The summed E-state index contributed by atoms with van der Waals surface area (Å²) >= 11 is 7.24. The first kappa shape index (κ1) is 20.1. The number of halogens is 1. The molecule has 0 unspecified atom stereocenters. The summed E-state index contributed by atoms with van der Waals surface area (Å²) in [6, 6.07) is 6.28. The monoisotopic (exact) mass is 395 g/mol. The molecule has 0 radical (unpaired) electrons. The van der Waals surface area contributed by atoms with Crippen LogP contribution in [0.15, 0.2) is 24.3 Å². The van der Waals surface area contributed by atoms with Crippen LogP contribution in [0.1, 0.15) is 20.3 Å². The Morgan fingerprint density at radius 3 is 2.65 bits per heavy atom. The molecule has 140 valence electrons. The van der Waals surface area contributed by atoms with Crippen LogP contribution >= 0.6 is 22.9 Å². The number of carbonyl (C=O) groups is 2. The Labute approximate surface area is 161 Å². The smallest absolute Gasteiger partial charge is 0.317 e. The molecule has 7 nitrogen and oxygen atoms in total. The fourth-order valence-corrected chi connectivity index (χ4v) is 3.09. The Morgan fingerprint density at radius 2 is 2.04 bits per heavy atom. The second-order valence-electron chi connectivity index (χ2n) is 6.12. The third-order valence-electron chi connectivity index (χ3n) is 3.91. The van der Waals surface area contributed by atoms with Gasteiger partial charge < -0.3 is 10.2 Å². The zero-order valence-corrected chi connectivity index (χ0v) is 16.7. The molecule has 2 atom stereocenters. The van der Waals surface area contributed by atoms with Gasteiger partial charge in [0.25, 0.3) is 0 Å². The van der Waals surface area contributed by atoms with Crippen LogP contribution in [0.4, 0.5) is 9.93 Å². The van der Waals surface area contributed by atoms with Crippen molar-refractivity contribution in [3.8, 4) is 10.6 Å². The molecule has 9 heteroatoms. The van der Waals surface area contributed by atoms with Gasteiger partial charge in [-0.05, 0) is 18.1 Å². The molecule has 0 spiro atoms. The summed E-state index contributed by atoms with van der Waals surface area (Å²) < 4.78 is 0. The molecule has 1 aromatic heterocycles. The molecule has 0 bridgehead atoms. The molecule has 0 aliphatic rings. The van der Waals surface area contributed by atoms with Crippen molar-refractivity contribution < 1.29 is 9.59 Å². The number of nitrogens with one attached hydrogen (secondary N) is 2. The molecule has 0 aliphatic carbocycles. The van der Waals surface area contributed by atoms with Crippen molar-refractivity contribution in [2.75, 3.05) is 19.4 Å². The van der Waals surface area contributed by atoms with Gasteiger partial charge in [0.2, 0.25) is 11.0 Å². The second-order valence-corrected chi connectivity index (χ2v) is 7.53. The molecule has 0 saturated heterocycles. The zero-order chi connectivity index (χ0) is 19.3. The van der Waals surface area contributed by atoms with Crippen molar-refractivity contribution in [2.24, 2.45) is 5.92 Å². The van der Waals surface area contributed by atoms with Gasteiger partial charge in [-0.1, -0.05) is 55.3 Å². The predicted octanol–water partition coefficient (Wildman–Crippen LogP) is 3.48. The summed E-state index contributed by atoms with van der Waals surface area (Å²) in [6.45, 7) is 3.88. The summed E-state index contributed by atoms with van der Waals surface area (Å²) in [4.78, 5) is 26.0. The highest BCUT2D eigenvalue weighted by molar-refractivity contribution is 7.18. The highest BCUT2D eigenvalue weighted by atomic mass is 35.5. The Hall–Kier alpha value is -2.19. The van der Waals surface area contributed by atoms with Gasteiger partial charge in [-0.2, -0.15) is 0 Å². The van der Waals surface area contributed by atoms with Gasteiger partial charge in [-0.3, -0.25) is 10.1 Å². The lowest BCUT2D eigenvalue weighted by atomic mass is 9.98. The molecule has 1 heterocycles. The molecular weight excluding hydrogens is 374 g/mol. The van der Waals surface area contributed by atoms with Crippen molar-refractivity contribution >= 4 is 40.0 Å². The summed E-state index contributed by atoms with van der Waals surface area (Å²) in [5, 5.41) is 15.2. The third-order valence-corrected chi connectivity index (χ3v) is 5.03. The molecule has 0 saturated carbocycles. The van der Waals surface area contributed by atoms with Crippen LogP contribution in [0.2, 0.25) is 5.02 Å². The van der Waals surface area contributed by atoms with Crippen molar-refractivity contribution in [1.29, 1.82) is 0 Å². The minimum absolute atomic E-state index is 0.0285. The van der Waals surface area contributed by atoms with Gasteiger partial charge in [-0.25, -0.2) is 4.79 Å². The quantitative estimate of drug-likeness (QED) is 0.783. The molecule has 3 amide bonds. The molecular formula is C17H22ClN5O2S. The molecule has 2 aromatic rings. The molecule has 2 N–H and O–H groups in total. The first-order valence-electron chi connectivity index (χ1n) is 8.20. The van der Waals surface area contributed by atoms with Crippen molar-refractivity contribution in [1.82, 2.24) is 20.4 Å². The molecule has 0 fully saturated rings. The van der Waals surface area contributed by atoms with Gasteiger partial charge >= 0.3 is 6.03 Å². The Morgan fingerprint density at radius 1 is 1.31 bits per heavy atom. The van der Waals surface area contributed by atoms with E-state index in [9.17, 15) is 9.59 Å². The summed E-state index contributed by atoms with van der Waals surface area (Å²) in [5.41, 5.74) is 0.829. The zero-order valence-electron chi connectivity index (χ0n) is 15.1. The Kier molecular flexibility index (Phi) is 6.93. The van der Waals surface area contributed by atoms with E-state index in [1.54, 1.807) is 26.2 Å². The SMILES string of the molecule is CC[C@H](C)[C@H](NC(=O)N(C)C)C(=O)Nc1nnc(-c2cccc(Cl)c2)s1. The number of nitrogens with zero attached hydrogens (tertiary/aromatic N) is 3. The average Bonchev–Trinajstić information content (AvgIpc) is 3.07. The summed E-state index contributed by atoms with van der Waals surface area (Å²) in [7, 11) is 3.26. The van der Waals surface area contributed by atoms with Crippen LogP contribution in [-0.2, 0) is 4.79 Å². The lowest BCUT2D eigenvalue weighted by Crippen LogP contribution is -2.50. The number of hydrogen-bond acceptors (Lipinski definition) is 5. The van der Waals surface area contributed by atoms with E-state index in [2.05, 4.69) is 20.8 Å². The maximum Gasteiger partial charge on any atom is 0.317 e. The number of urea groups is 1. The normalized spacial score (nSPS) is 13.0. The number of rotatable bonds is 6. The fraction of sp³-hybridized carbons (Fsp3) is 0.412. The van der Waals surface area contributed by atoms with Crippen LogP contribution in [0, 0.1) is 5.92 Å². The summed E-state index contributed by atoms with van der Waals surface area (Å²) in [5.74, 6) is -0.345. The number of benzene rings is 1. The number of anilines is 1. The second kappa shape index (κ2) is 8.95. The van der Waals surface area contributed by atoms with E-state index in [1.165, 1.54) is 16.2 Å². The number of aromatic nitrogens is 2. The summed E-state index contributed by atoms with van der Waals surface area (Å²) in [6.07, 6.45) is 0.746. The highest BCUT2D eigenvalue weighted by Gasteiger charge is 2.27. The number of hydrogen-bond donors (Lipinski definition) is 2. The third kappa shape index (κ3) is 5.15. The van der Waals surface area contributed by atoms with E-state index in [1.807, 2.05) is 26.0 Å². The molecule has 0 aliphatic heterocycles. The van der Waals surface area contributed by atoms with Gasteiger partial charge in [0.05, 0.1) is 0 Å². The van der Waals surface area contributed by atoms with Gasteiger partial charge in [0.1, 0.15) is 11.0 Å². The topological polar surface area (TPSA) is 87.2 Å². The van der Waals surface area contributed by atoms with Crippen molar-refractivity contribution in [2.45, 2.75) is 26.3 Å².